The predicted octanol–water partition coefficient (Wildman–Crippen LogP) is 2.04. The lowest BCUT2D eigenvalue weighted by molar-refractivity contribution is 0.151. The van der Waals surface area contributed by atoms with E-state index in [4.69, 9.17) is 10.2 Å². The number of nitrogens with one attached hydrogen (secondary N) is 2. The van der Waals surface area contributed by atoms with Crippen LogP contribution in [0.3, 0.4) is 0 Å². The zero-order valence-corrected chi connectivity index (χ0v) is 17.6. The Hall–Kier alpha value is -2.42. The van der Waals surface area contributed by atoms with Crippen LogP contribution in [0, 0.1) is 23.7 Å². The molecule has 0 atom stereocenters. The van der Waals surface area contributed by atoms with Gasteiger partial charge >= 0.3 is 12.2 Å². The number of unbranched alkanes of at least 4 members (excludes halogenated alkanes) is 2. The molecular formula is C20H36N2O6. The fourth-order valence-electron chi connectivity index (χ4n) is 1.27. The Bertz CT molecular complexity index is 431. The summed E-state index contributed by atoms with van der Waals surface area (Å²) in [6.45, 7) is 9.69. The summed E-state index contributed by atoms with van der Waals surface area (Å²) in [5, 5.41) is 21.4. The Kier molecular flexibility index (Phi) is 31.8. The molecule has 0 aromatic heterocycles. The van der Waals surface area contributed by atoms with Crippen LogP contribution in [0.25, 0.3) is 0 Å². The Morgan fingerprint density at radius 2 is 1.11 bits per heavy atom. The van der Waals surface area contributed by atoms with E-state index >= 15 is 0 Å². The van der Waals surface area contributed by atoms with E-state index in [0.29, 0.717) is 13.2 Å². The summed E-state index contributed by atoms with van der Waals surface area (Å²) < 4.78 is 9.28. The second-order valence-electron chi connectivity index (χ2n) is 4.92. The van der Waals surface area contributed by atoms with Crippen LogP contribution in [-0.4, -0.2) is 61.9 Å². The third kappa shape index (κ3) is 34.8. The van der Waals surface area contributed by atoms with E-state index in [2.05, 4.69) is 57.6 Å². The van der Waals surface area contributed by atoms with Crippen LogP contribution in [0.5, 0.6) is 0 Å². The number of carbonyl (C=O) groups is 2. The van der Waals surface area contributed by atoms with Gasteiger partial charge in [-0.3, -0.25) is 0 Å². The van der Waals surface area contributed by atoms with Crippen LogP contribution in [0.4, 0.5) is 9.59 Å². The molecule has 8 heteroatoms. The molecule has 0 aromatic carbocycles. The standard InChI is InChI=1S/2C7H15NO2.C6H6O2/c2*1-3-5-6-8-7(9)10-4-2;7-5-3-1-2-4-6-8/h2*3-6H2,1-2H3,(H,8,9);7-8H,5-6H2. The summed E-state index contributed by atoms with van der Waals surface area (Å²) in [6, 6.07) is 0. The third-order valence-corrected chi connectivity index (χ3v) is 2.55. The van der Waals surface area contributed by atoms with Gasteiger partial charge in [0.1, 0.15) is 13.2 Å². The van der Waals surface area contributed by atoms with Crippen LogP contribution in [-0.2, 0) is 9.47 Å². The van der Waals surface area contributed by atoms with Gasteiger partial charge in [0, 0.05) is 13.1 Å². The zero-order valence-electron chi connectivity index (χ0n) is 17.6. The molecule has 8 nitrogen and oxygen atoms in total. The molecule has 0 aliphatic heterocycles. The van der Waals surface area contributed by atoms with Gasteiger partial charge in [-0.2, -0.15) is 0 Å². The van der Waals surface area contributed by atoms with Crippen LogP contribution in [0.1, 0.15) is 53.4 Å². The SMILES string of the molecule is CCCCNC(=O)OCC.CCCCNC(=O)OCC.OCC#CC#CCO. The maximum absolute atomic E-state index is 10.6. The maximum Gasteiger partial charge on any atom is 0.407 e. The number of ether oxygens (including phenoxy) is 2. The zero-order chi connectivity index (χ0) is 21.9. The van der Waals surface area contributed by atoms with Gasteiger partial charge in [-0.05, 0) is 38.5 Å². The lowest BCUT2D eigenvalue weighted by Crippen LogP contribution is -2.24. The highest BCUT2D eigenvalue weighted by molar-refractivity contribution is 5.67. The van der Waals surface area contributed by atoms with E-state index in [-0.39, 0.29) is 25.4 Å². The smallest absolute Gasteiger partial charge is 0.407 e. The Morgan fingerprint density at radius 3 is 1.36 bits per heavy atom. The molecule has 162 valence electrons. The first-order valence-electron chi connectivity index (χ1n) is 9.52. The number of hydrogen-bond acceptors (Lipinski definition) is 6. The minimum Gasteiger partial charge on any atom is -0.450 e. The summed E-state index contributed by atoms with van der Waals surface area (Å²) in [6.07, 6.45) is 3.59. The largest absolute Gasteiger partial charge is 0.450 e. The molecule has 0 unspecified atom stereocenters. The van der Waals surface area contributed by atoms with E-state index in [9.17, 15) is 9.59 Å². The van der Waals surface area contributed by atoms with Crippen molar-refractivity contribution < 1.29 is 29.3 Å². The molecule has 0 saturated carbocycles. The molecule has 0 fully saturated rings. The first-order chi connectivity index (χ1) is 13.5. The van der Waals surface area contributed by atoms with Crippen molar-refractivity contribution in [1.82, 2.24) is 10.6 Å². The van der Waals surface area contributed by atoms with Crippen LogP contribution in [0.2, 0.25) is 0 Å². The summed E-state index contributed by atoms with van der Waals surface area (Å²) in [4.78, 5) is 21.2. The quantitative estimate of drug-likeness (QED) is 0.366. The highest BCUT2D eigenvalue weighted by Gasteiger charge is 1.96. The summed E-state index contributed by atoms with van der Waals surface area (Å²) in [5.41, 5.74) is 0. The lowest BCUT2D eigenvalue weighted by atomic mass is 10.3. The monoisotopic (exact) mass is 400 g/mol. The maximum atomic E-state index is 10.6. The normalized spacial score (nSPS) is 8.07. The highest BCUT2D eigenvalue weighted by Crippen LogP contribution is 1.84. The number of amides is 2. The first-order valence-corrected chi connectivity index (χ1v) is 9.52. The average Bonchev–Trinajstić information content (AvgIpc) is 2.67. The number of alkyl carbamates (subject to hydrolysis) is 2. The molecule has 28 heavy (non-hydrogen) atoms. The molecular weight excluding hydrogens is 364 g/mol. The third-order valence-electron chi connectivity index (χ3n) is 2.55. The molecule has 0 aliphatic carbocycles. The predicted molar refractivity (Wildman–Crippen MR) is 110 cm³/mol. The molecule has 0 radical (unpaired) electrons. The van der Waals surface area contributed by atoms with Gasteiger partial charge in [0.2, 0.25) is 0 Å². The lowest BCUT2D eigenvalue weighted by Gasteiger charge is -2.02. The van der Waals surface area contributed by atoms with Gasteiger partial charge in [-0.1, -0.05) is 38.5 Å². The Labute approximate surface area is 169 Å². The Balaban J connectivity index is -0.000000337. The van der Waals surface area contributed by atoms with Crippen molar-refractivity contribution in [2.75, 3.05) is 39.5 Å². The minimum absolute atomic E-state index is 0.180. The van der Waals surface area contributed by atoms with Crippen LogP contribution in [0.15, 0.2) is 0 Å². The molecule has 0 spiro atoms. The molecule has 4 N–H and O–H groups in total. The van der Waals surface area contributed by atoms with Gasteiger partial charge in [-0.25, -0.2) is 9.59 Å². The number of rotatable bonds is 8. The van der Waals surface area contributed by atoms with E-state index in [1.54, 1.807) is 13.8 Å². The van der Waals surface area contributed by atoms with Crippen molar-refractivity contribution in [2.45, 2.75) is 53.4 Å². The molecule has 0 heterocycles. The van der Waals surface area contributed by atoms with Crippen LogP contribution >= 0.6 is 0 Å². The second-order valence-corrected chi connectivity index (χ2v) is 4.92. The van der Waals surface area contributed by atoms with Crippen molar-refractivity contribution in [3.63, 3.8) is 0 Å². The van der Waals surface area contributed by atoms with E-state index < -0.39 is 0 Å². The van der Waals surface area contributed by atoms with Crippen molar-refractivity contribution in [3.8, 4) is 23.7 Å². The molecule has 0 saturated heterocycles. The number of hydrogen-bond donors (Lipinski definition) is 4. The van der Waals surface area contributed by atoms with E-state index in [0.717, 1.165) is 38.8 Å². The topological polar surface area (TPSA) is 117 Å². The van der Waals surface area contributed by atoms with Crippen molar-refractivity contribution in [1.29, 1.82) is 0 Å². The fraction of sp³-hybridized carbons (Fsp3) is 0.700. The molecule has 0 rings (SSSR count). The number of aliphatic hydroxyl groups excluding tert-OH is 2. The number of carbonyl (C=O) groups excluding carboxylic acids is 2. The molecule has 0 aliphatic rings. The summed E-state index contributed by atoms with van der Waals surface area (Å²) in [7, 11) is 0. The van der Waals surface area contributed by atoms with Gasteiger partial charge in [0.15, 0.2) is 0 Å². The van der Waals surface area contributed by atoms with Gasteiger partial charge in [0.25, 0.3) is 0 Å². The Morgan fingerprint density at radius 1 is 0.750 bits per heavy atom. The fourth-order valence-corrected chi connectivity index (χ4v) is 1.27. The second kappa shape index (κ2) is 29.3. The summed E-state index contributed by atoms with van der Waals surface area (Å²) >= 11 is 0. The average molecular weight is 401 g/mol. The van der Waals surface area contributed by atoms with E-state index in [1.165, 1.54) is 0 Å². The molecule has 0 bridgehead atoms. The van der Waals surface area contributed by atoms with Crippen molar-refractivity contribution >= 4 is 12.2 Å². The van der Waals surface area contributed by atoms with Gasteiger partial charge < -0.3 is 30.3 Å². The van der Waals surface area contributed by atoms with Gasteiger partial charge in [0.05, 0.1) is 13.2 Å². The van der Waals surface area contributed by atoms with Crippen molar-refractivity contribution in [3.05, 3.63) is 0 Å². The first kappa shape index (κ1) is 30.3. The van der Waals surface area contributed by atoms with Crippen LogP contribution < -0.4 is 10.6 Å². The highest BCUT2D eigenvalue weighted by atomic mass is 16.6. The number of aliphatic hydroxyl groups is 2. The summed E-state index contributed by atoms with van der Waals surface area (Å²) in [5.74, 6) is 9.24. The van der Waals surface area contributed by atoms with Gasteiger partial charge in [-0.15, -0.1) is 0 Å². The molecule has 2 amide bonds. The molecule has 0 aromatic rings. The van der Waals surface area contributed by atoms with Crippen molar-refractivity contribution in [2.24, 2.45) is 0 Å². The minimum atomic E-state index is -0.309. The van der Waals surface area contributed by atoms with E-state index in [1.807, 2.05) is 0 Å².